The molecule has 1 aliphatic heterocycles. The molecule has 0 aliphatic carbocycles. The van der Waals surface area contributed by atoms with Gasteiger partial charge in [-0.1, -0.05) is 11.6 Å². The van der Waals surface area contributed by atoms with Crippen LogP contribution < -0.4 is 11.0 Å². The molecule has 2 aromatic rings. The molecule has 1 fully saturated rings. The van der Waals surface area contributed by atoms with Crippen LogP contribution in [-0.2, 0) is 0 Å². The van der Waals surface area contributed by atoms with Crippen molar-refractivity contribution in [2.24, 2.45) is 0 Å². The van der Waals surface area contributed by atoms with Gasteiger partial charge >= 0.3 is 5.69 Å². The topological polar surface area (TPSA) is 104 Å². The van der Waals surface area contributed by atoms with Crippen LogP contribution in [0, 0.1) is 10.1 Å². The number of hydrogen-bond donors (Lipinski definition) is 3. The average molecular weight is 297 g/mol. The first-order chi connectivity index (χ1) is 9.58. The molecule has 0 atom stereocenters. The number of fused-ring (bicyclic) bond motifs is 1. The van der Waals surface area contributed by atoms with E-state index in [0.29, 0.717) is 16.6 Å². The highest BCUT2D eigenvalue weighted by atomic mass is 35.5. The molecule has 3 N–H and O–H groups in total. The summed E-state index contributed by atoms with van der Waals surface area (Å²) < 4.78 is 0. The van der Waals surface area contributed by atoms with Gasteiger partial charge in [0.05, 0.1) is 21.5 Å². The van der Waals surface area contributed by atoms with E-state index in [-0.39, 0.29) is 22.3 Å². The molecule has 3 rings (SSSR count). The summed E-state index contributed by atoms with van der Waals surface area (Å²) in [5.41, 5.74) is 1.07. The molecule has 0 bridgehead atoms. The van der Waals surface area contributed by atoms with Crippen molar-refractivity contribution in [1.82, 2.24) is 15.3 Å². The lowest BCUT2D eigenvalue weighted by Crippen LogP contribution is -2.27. The van der Waals surface area contributed by atoms with Gasteiger partial charge in [0.25, 0.3) is 5.69 Å². The predicted molar refractivity (Wildman–Crippen MR) is 75.4 cm³/mol. The molecule has 106 valence electrons. The smallest absolute Gasteiger partial charge is 0.317 e. The maximum atomic E-state index is 11.5. The van der Waals surface area contributed by atoms with E-state index in [4.69, 9.17) is 11.6 Å². The van der Waals surface area contributed by atoms with Crippen LogP contribution in [0.4, 0.5) is 5.69 Å². The van der Waals surface area contributed by atoms with E-state index in [9.17, 15) is 14.9 Å². The van der Waals surface area contributed by atoms with Crippen molar-refractivity contribution in [2.45, 2.75) is 18.8 Å². The van der Waals surface area contributed by atoms with Crippen molar-refractivity contribution < 1.29 is 4.92 Å². The summed E-state index contributed by atoms with van der Waals surface area (Å²) in [6.07, 6.45) is 1.56. The Morgan fingerprint density at radius 3 is 2.65 bits per heavy atom. The van der Waals surface area contributed by atoms with Crippen LogP contribution in [0.25, 0.3) is 11.0 Å². The number of nitro groups is 1. The van der Waals surface area contributed by atoms with Gasteiger partial charge in [0.15, 0.2) is 0 Å². The molecule has 8 heteroatoms. The van der Waals surface area contributed by atoms with Crippen molar-refractivity contribution in [1.29, 1.82) is 0 Å². The van der Waals surface area contributed by atoms with Crippen molar-refractivity contribution >= 4 is 28.3 Å². The van der Waals surface area contributed by atoms with Gasteiger partial charge in [-0.15, -0.1) is 0 Å². The minimum absolute atomic E-state index is 0.0179. The number of H-pyrrole nitrogens is 2. The van der Waals surface area contributed by atoms with E-state index in [1.165, 1.54) is 6.07 Å². The second-order valence-corrected chi connectivity index (χ2v) is 5.31. The van der Waals surface area contributed by atoms with Gasteiger partial charge in [0.1, 0.15) is 5.02 Å². The van der Waals surface area contributed by atoms with Gasteiger partial charge in [-0.25, -0.2) is 4.79 Å². The van der Waals surface area contributed by atoms with Gasteiger partial charge in [0, 0.05) is 0 Å². The number of benzene rings is 1. The molecular formula is C12H13ClN4O3. The third-order valence-corrected chi connectivity index (χ3v) is 4.00. The Balaban J connectivity index is 2.31. The highest BCUT2D eigenvalue weighted by Gasteiger charge is 2.30. The monoisotopic (exact) mass is 296 g/mol. The van der Waals surface area contributed by atoms with Crippen LogP contribution in [-0.4, -0.2) is 28.0 Å². The lowest BCUT2D eigenvalue weighted by atomic mass is 9.88. The Labute approximate surface area is 118 Å². The fourth-order valence-electron chi connectivity index (χ4n) is 2.85. The summed E-state index contributed by atoms with van der Waals surface area (Å²) in [6.45, 7) is 1.59. The molecule has 0 unspecified atom stereocenters. The maximum absolute atomic E-state index is 11.5. The quantitative estimate of drug-likeness (QED) is 0.581. The normalized spacial score (nSPS) is 16.6. The van der Waals surface area contributed by atoms with Crippen LogP contribution >= 0.6 is 11.6 Å². The van der Waals surface area contributed by atoms with Gasteiger partial charge in [-0.05, 0) is 37.9 Å². The van der Waals surface area contributed by atoms with Crippen molar-refractivity contribution in [3.8, 4) is 0 Å². The molecule has 0 radical (unpaired) electrons. The number of nitrogens with one attached hydrogen (secondary N) is 3. The Kier molecular flexibility index (Phi) is 3.23. The Morgan fingerprint density at radius 2 is 2.00 bits per heavy atom. The number of nitrogens with zero attached hydrogens (tertiary/aromatic N) is 1. The van der Waals surface area contributed by atoms with E-state index >= 15 is 0 Å². The van der Waals surface area contributed by atoms with E-state index < -0.39 is 4.92 Å². The SMILES string of the molecule is O=c1[nH]c2cc(Cl)c([N+](=O)[O-])c(C3CCNCC3)c2[nH]1. The summed E-state index contributed by atoms with van der Waals surface area (Å²) in [4.78, 5) is 27.6. The standard InChI is InChI=1S/C12H13ClN4O3/c13-7-5-8-10(16-12(18)15-8)9(11(7)17(19)20)6-1-3-14-4-2-6/h5-6,14H,1-4H2,(H2,15,16,18). The van der Waals surface area contributed by atoms with E-state index in [0.717, 1.165) is 25.9 Å². The molecular weight excluding hydrogens is 284 g/mol. The number of aromatic nitrogens is 2. The zero-order valence-electron chi connectivity index (χ0n) is 10.5. The van der Waals surface area contributed by atoms with Gasteiger partial charge in [-0.2, -0.15) is 0 Å². The minimum atomic E-state index is -0.468. The molecule has 1 saturated heterocycles. The number of piperidine rings is 1. The summed E-state index contributed by atoms with van der Waals surface area (Å²) in [5.74, 6) is 0.0179. The molecule has 1 aromatic carbocycles. The van der Waals surface area contributed by atoms with E-state index in [1.54, 1.807) is 0 Å². The predicted octanol–water partition coefficient (Wildman–Crippen LogP) is 1.88. The van der Waals surface area contributed by atoms with Crippen LogP contribution in [0.5, 0.6) is 0 Å². The molecule has 0 saturated carbocycles. The van der Waals surface area contributed by atoms with Crippen molar-refractivity contribution in [3.05, 3.63) is 37.3 Å². The fraction of sp³-hybridized carbons (Fsp3) is 0.417. The van der Waals surface area contributed by atoms with Crippen LogP contribution in [0.2, 0.25) is 5.02 Å². The lowest BCUT2D eigenvalue weighted by Gasteiger charge is -2.23. The average Bonchev–Trinajstić information content (AvgIpc) is 2.77. The molecule has 20 heavy (non-hydrogen) atoms. The third kappa shape index (κ3) is 2.08. The number of aromatic amines is 2. The van der Waals surface area contributed by atoms with Crippen LogP contribution in [0.1, 0.15) is 24.3 Å². The number of rotatable bonds is 2. The number of hydrogen-bond acceptors (Lipinski definition) is 4. The second kappa shape index (κ2) is 4.92. The zero-order chi connectivity index (χ0) is 14.3. The first kappa shape index (κ1) is 13.1. The largest absolute Gasteiger partial charge is 0.323 e. The second-order valence-electron chi connectivity index (χ2n) is 4.90. The van der Waals surface area contributed by atoms with Crippen LogP contribution in [0.15, 0.2) is 10.9 Å². The molecule has 0 amide bonds. The Hall–Kier alpha value is -1.86. The van der Waals surface area contributed by atoms with E-state index in [1.807, 2.05) is 0 Å². The van der Waals surface area contributed by atoms with Gasteiger partial charge in [-0.3, -0.25) is 10.1 Å². The van der Waals surface area contributed by atoms with E-state index in [2.05, 4.69) is 15.3 Å². The first-order valence-corrected chi connectivity index (χ1v) is 6.75. The number of imidazole rings is 1. The van der Waals surface area contributed by atoms with Gasteiger partial charge < -0.3 is 15.3 Å². The molecule has 7 nitrogen and oxygen atoms in total. The van der Waals surface area contributed by atoms with Gasteiger partial charge in [0.2, 0.25) is 0 Å². The Morgan fingerprint density at radius 1 is 1.30 bits per heavy atom. The Bertz CT molecular complexity index is 730. The molecule has 1 aliphatic rings. The zero-order valence-corrected chi connectivity index (χ0v) is 11.3. The first-order valence-electron chi connectivity index (χ1n) is 6.37. The number of nitro benzene ring substituents is 1. The molecule has 1 aromatic heterocycles. The summed E-state index contributed by atoms with van der Waals surface area (Å²) in [6, 6.07) is 1.43. The number of halogens is 1. The summed E-state index contributed by atoms with van der Waals surface area (Å²) >= 11 is 6.04. The molecule has 2 heterocycles. The molecule has 0 spiro atoms. The third-order valence-electron chi connectivity index (χ3n) is 3.71. The summed E-state index contributed by atoms with van der Waals surface area (Å²) in [7, 11) is 0. The summed E-state index contributed by atoms with van der Waals surface area (Å²) in [5, 5.41) is 14.6. The van der Waals surface area contributed by atoms with Crippen molar-refractivity contribution in [2.75, 3.05) is 13.1 Å². The fourth-order valence-corrected chi connectivity index (χ4v) is 3.13. The highest BCUT2D eigenvalue weighted by molar-refractivity contribution is 6.33. The maximum Gasteiger partial charge on any atom is 0.323 e. The highest BCUT2D eigenvalue weighted by Crippen LogP contribution is 2.40. The van der Waals surface area contributed by atoms with Crippen LogP contribution in [0.3, 0.4) is 0 Å². The lowest BCUT2D eigenvalue weighted by molar-refractivity contribution is -0.385. The van der Waals surface area contributed by atoms with Crippen molar-refractivity contribution in [3.63, 3.8) is 0 Å². The minimum Gasteiger partial charge on any atom is -0.317 e.